The summed E-state index contributed by atoms with van der Waals surface area (Å²) in [5.74, 6) is 0.394. The number of carbonyl (C=O) groups excluding carboxylic acids is 1. The first-order valence-electron chi connectivity index (χ1n) is 7.89. The van der Waals surface area contributed by atoms with Crippen LogP contribution >= 0.6 is 11.6 Å². The molecular formula is C18H16ClN3O4. The molecule has 0 aliphatic carbocycles. The van der Waals surface area contributed by atoms with E-state index < -0.39 is 4.92 Å². The third-order valence-corrected chi connectivity index (χ3v) is 4.19. The molecule has 0 saturated heterocycles. The first-order chi connectivity index (χ1) is 12.4. The molecule has 0 aliphatic heterocycles. The molecule has 1 unspecified atom stereocenters. The summed E-state index contributed by atoms with van der Waals surface area (Å²) < 4.78 is 5.75. The number of halogens is 1. The van der Waals surface area contributed by atoms with E-state index >= 15 is 0 Å². The molecule has 0 spiro atoms. The van der Waals surface area contributed by atoms with E-state index in [0.29, 0.717) is 5.69 Å². The lowest BCUT2D eigenvalue weighted by molar-refractivity contribution is -0.384. The van der Waals surface area contributed by atoms with E-state index in [-0.39, 0.29) is 29.2 Å². The van der Waals surface area contributed by atoms with Gasteiger partial charge in [-0.15, -0.1) is 0 Å². The highest BCUT2D eigenvalue weighted by Gasteiger charge is 2.15. The zero-order valence-corrected chi connectivity index (χ0v) is 14.6. The summed E-state index contributed by atoms with van der Waals surface area (Å²) in [7, 11) is 0. The Morgan fingerprint density at radius 2 is 2.04 bits per heavy atom. The molecule has 2 aromatic carbocycles. The van der Waals surface area contributed by atoms with Crippen LogP contribution in [0, 0.1) is 10.1 Å². The lowest BCUT2D eigenvalue weighted by atomic mass is 10.2. The van der Waals surface area contributed by atoms with Gasteiger partial charge in [0, 0.05) is 17.1 Å². The topological polar surface area (TPSA) is 97.4 Å². The Labute approximate surface area is 154 Å². The number of hydrogen-bond acceptors (Lipinski definition) is 5. The van der Waals surface area contributed by atoms with Crippen molar-refractivity contribution >= 4 is 39.9 Å². The van der Waals surface area contributed by atoms with Crippen LogP contribution in [0.1, 0.15) is 18.7 Å². The Hall–Kier alpha value is -2.90. The second-order valence-corrected chi connectivity index (χ2v) is 6.17. The minimum Gasteiger partial charge on any atom is -0.459 e. The molecule has 0 bridgehead atoms. The van der Waals surface area contributed by atoms with Crippen LogP contribution in [0.25, 0.3) is 11.0 Å². The number of nitrogens with zero attached hydrogens (tertiary/aromatic N) is 1. The monoisotopic (exact) mass is 373 g/mol. The number of amides is 1. The number of anilines is 1. The highest BCUT2D eigenvalue weighted by Crippen LogP contribution is 2.27. The molecule has 1 heterocycles. The van der Waals surface area contributed by atoms with Gasteiger partial charge in [-0.05, 0) is 31.2 Å². The van der Waals surface area contributed by atoms with Crippen LogP contribution in [0.3, 0.4) is 0 Å². The molecular weight excluding hydrogens is 358 g/mol. The van der Waals surface area contributed by atoms with E-state index in [1.165, 1.54) is 18.2 Å². The molecule has 1 amide bonds. The van der Waals surface area contributed by atoms with Crippen molar-refractivity contribution in [2.45, 2.75) is 13.0 Å². The maximum atomic E-state index is 12.1. The van der Waals surface area contributed by atoms with Crippen LogP contribution < -0.4 is 10.6 Å². The first kappa shape index (κ1) is 17.9. The lowest BCUT2D eigenvalue weighted by Gasteiger charge is -2.11. The normalized spacial score (nSPS) is 12.1. The van der Waals surface area contributed by atoms with Gasteiger partial charge in [-0.25, -0.2) is 0 Å². The van der Waals surface area contributed by atoms with Gasteiger partial charge in [-0.2, -0.15) is 0 Å². The molecule has 2 N–H and O–H groups in total. The minimum atomic E-state index is -0.597. The second kappa shape index (κ2) is 7.55. The number of fused-ring (bicyclic) bond motifs is 1. The third-order valence-electron chi connectivity index (χ3n) is 3.87. The molecule has 7 nitrogen and oxygen atoms in total. The minimum absolute atomic E-state index is 0.0182. The van der Waals surface area contributed by atoms with E-state index in [1.807, 2.05) is 37.3 Å². The summed E-state index contributed by atoms with van der Waals surface area (Å²) in [4.78, 5) is 22.4. The van der Waals surface area contributed by atoms with Gasteiger partial charge in [0.1, 0.15) is 16.4 Å². The van der Waals surface area contributed by atoms with Crippen molar-refractivity contribution in [3.05, 3.63) is 69.4 Å². The van der Waals surface area contributed by atoms with E-state index in [2.05, 4.69) is 10.6 Å². The van der Waals surface area contributed by atoms with Gasteiger partial charge >= 0.3 is 0 Å². The van der Waals surface area contributed by atoms with Gasteiger partial charge in [0.25, 0.3) is 5.69 Å². The predicted molar refractivity (Wildman–Crippen MR) is 99.4 cm³/mol. The highest BCUT2D eigenvalue weighted by atomic mass is 35.5. The van der Waals surface area contributed by atoms with Gasteiger partial charge in [0.2, 0.25) is 5.91 Å². The van der Waals surface area contributed by atoms with Crippen LogP contribution in [-0.2, 0) is 4.79 Å². The van der Waals surface area contributed by atoms with Crippen molar-refractivity contribution in [3.63, 3.8) is 0 Å². The van der Waals surface area contributed by atoms with Gasteiger partial charge in [-0.3, -0.25) is 20.2 Å². The molecule has 1 aromatic heterocycles. The van der Waals surface area contributed by atoms with E-state index in [0.717, 1.165) is 16.7 Å². The Bertz CT molecular complexity index is 937. The van der Waals surface area contributed by atoms with Gasteiger partial charge in [-0.1, -0.05) is 29.8 Å². The van der Waals surface area contributed by atoms with Crippen LogP contribution in [0.2, 0.25) is 5.02 Å². The van der Waals surface area contributed by atoms with Crippen LogP contribution in [0.15, 0.2) is 52.9 Å². The summed E-state index contributed by atoms with van der Waals surface area (Å²) in [5, 5.41) is 17.6. The highest BCUT2D eigenvalue weighted by molar-refractivity contribution is 6.32. The quantitative estimate of drug-likeness (QED) is 0.496. The molecule has 0 fully saturated rings. The number of hydrogen-bond donors (Lipinski definition) is 2. The number of rotatable bonds is 6. The number of furan rings is 1. The van der Waals surface area contributed by atoms with Gasteiger partial charge in [0.15, 0.2) is 0 Å². The molecule has 0 radical (unpaired) electrons. The lowest BCUT2D eigenvalue weighted by Crippen LogP contribution is -2.30. The van der Waals surface area contributed by atoms with Gasteiger partial charge in [0.05, 0.1) is 17.5 Å². The fraction of sp³-hybridized carbons (Fsp3) is 0.167. The number of para-hydroxylation sites is 1. The van der Waals surface area contributed by atoms with Crippen molar-refractivity contribution in [2.24, 2.45) is 0 Å². The summed E-state index contributed by atoms with van der Waals surface area (Å²) in [6.07, 6.45) is 0. The largest absolute Gasteiger partial charge is 0.459 e. The average molecular weight is 374 g/mol. The van der Waals surface area contributed by atoms with Crippen molar-refractivity contribution < 1.29 is 14.1 Å². The Morgan fingerprint density at radius 1 is 1.27 bits per heavy atom. The second-order valence-electron chi connectivity index (χ2n) is 5.76. The standard InChI is InChI=1S/C18H16ClN3O4/c1-11(17-8-12-4-2-3-5-16(12)26-17)20-10-18(23)21-13-6-7-14(19)15(9-13)22(24)25/h2-9,11,20H,10H2,1H3,(H,21,23). The molecule has 3 aromatic rings. The molecule has 0 aliphatic rings. The number of nitro groups is 1. The zero-order valence-electron chi connectivity index (χ0n) is 13.9. The number of benzene rings is 2. The number of carbonyl (C=O) groups is 1. The van der Waals surface area contributed by atoms with Crippen LogP contribution in [0.4, 0.5) is 11.4 Å². The summed E-state index contributed by atoms with van der Waals surface area (Å²) >= 11 is 5.75. The number of nitro benzene ring substituents is 1. The fourth-order valence-electron chi connectivity index (χ4n) is 2.50. The predicted octanol–water partition coefficient (Wildman–Crippen LogP) is 4.28. The molecule has 1 atom stereocenters. The molecule has 8 heteroatoms. The summed E-state index contributed by atoms with van der Waals surface area (Å²) in [6.45, 7) is 1.91. The Balaban J connectivity index is 1.60. The SMILES string of the molecule is CC(NCC(=O)Nc1ccc(Cl)c([N+](=O)[O-])c1)c1cc2ccccc2o1. The maximum Gasteiger partial charge on any atom is 0.289 e. The van der Waals surface area contributed by atoms with Crippen molar-refractivity contribution in [1.29, 1.82) is 0 Å². The third kappa shape index (κ3) is 4.01. The van der Waals surface area contributed by atoms with Crippen molar-refractivity contribution in [3.8, 4) is 0 Å². The number of nitrogens with one attached hydrogen (secondary N) is 2. The average Bonchev–Trinajstić information content (AvgIpc) is 3.05. The fourth-order valence-corrected chi connectivity index (χ4v) is 2.68. The van der Waals surface area contributed by atoms with Crippen molar-refractivity contribution in [1.82, 2.24) is 5.32 Å². The van der Waals surface area contributed by atoms with Crippen molar-refractivity contribution in [2.75, 3.05) is 11.9 Å². The Kier molecular flexibility index (Phi) is 5.20. The smallest absolute Gasteiger partial charge is 0.289 e. The molecule has 3 rings (SSSR count). The van der Waals surface area contributed by atoms with E-state index in [4.69, 9.17) is 16.0 Å². The first-order valence-corrected chi connectivity index (χ1v) is 8.27. The summed E-state index contributed by atoms with van der Waals surface area (Å²) in [5.41, 5.74) is 0.839. The van der Waals surface area contributed by atoms with E-state index in [1.54, 1.807) is 0 Å². The van der Waals surface area contributed by atoms with Crippen LogP contribution in [0.5, 0.6) is 0 Å². The van der Waals surface area contributed by atoms with E-state index in [9.17, 15) is 14.9 Å². The zero-order chi connectivity index (χ0) is 18.7. The maximum absolute atomic E-state index is 12.1. The molecule has 134 valence electrons. The molecule has 0 saturated carbocycles. The van der Waals surface area contributed by atoms with Crippen LogP contribution in [-0.4, -0.2) is 17.4 Å². The van der Waals surface area contributed by atoms with Gasteiger partial charge < -0.3 is 9.73 Å². The summed E-state index contributed by atoms with van der Waals surface area (Å²) in [6, 6.07) is 13.5. The molecule has 26 heavy (non-hydrogen) atoms. The Morgan fingerprint density at radius 3 is 2.77 bits per heavy atom.